The lowest BCUT2D eigenvalue weighted by Gasteiger charge is -2.21. The number of carboxylic acid groups (broad SMARTS) is 1. The molecule has 0 aliphatic carbocycles. The van der Waals surface area contributed by atoms with E-state index in [2.05, 4.69) is 50.2 Å². The molecule has 0 fully saturated rings. The Bertz CT molecular complexity index is 470. The second-order valence-electron chi connectivity index (χ2n) is 10.2. The third-order valence-electron chi connectivity index (χ3n) is 6.44. The van der Waals surface area contributed by atoms with E-state index in [0.717, 1.165) is 25.2 Å². The normalized spacial score (nSPS) is 13.0. The van der Waals surface area contributed by atoms with E-state index in [0.29, 0.717) is 6.42 Å². The summed E-state index contributed by atoms with van der Waals surface area (Å²) in [6.07, 6.45) is 33.9. The van der Waals surface area contributed by atoms with Gasteiger partial charge in [-0.1, -0.05) is 102 Å². The molecule has 0 bridgehead atoms. The lowest BCUT2D eigenvalue weighted by molar-refractivity contribution is -0.137. The molecule has 3 heteroatoms. The zero-order valence-corrected chi connectivity index (χ0v) is 22.5. The summed E-state index contributed by atoms with van der Waals surface area (Å²) in [6.45, 7) is 3.45. The van der Waals surface area contributed by atoms with Crippen molar-refractivity contribution in [1.29, 1.82) is 0 Å². The van der Waals surface area contributed by atoms with Crippen LogP contribution in [0.5, 0.6) is 0 Å². The molecule has 0 aromatic heterocycles. The maximum absolute atomic E-state index is 10.6. The minimum atomic E-state index is -0.659. The molecule has 1 atom stereocenters. The highest BCUT2D eigenvalue weighted by Crippen LogP contribution is 2.20. The van der Waals surface area contributed by atoms with Gasteiger partial charge in [0.05, 0.1) is 0 Å². The van der Waals surface area contributed by atoms with Crippen LogP contribution < -0.4 is 0 Å². The standard InChI is InChI=1S/C30H57NO2/c1-4-5-6-7-8-9-10-11-12-13-14-15-16-17-18-19-22-25-29(28-31(2)3)26-23-20-21-24-27-30(32)33/h8-9,11-12,29H,4-7,10,13-28H2,1-3H3,(H,32,33)/b9-8-,12-11-. The smallest absolute Gasteiger partial charge is 0.303 e. The third kappa shape index (κ3) is 27.0. The molecule has 0 aliphatic heterocycles. The van der Waals surface area contributed by atoms with Gasteiger partial charge in [-0.2, -0.15) is 0 Å². The van der Waals surface area contributed by atoms with Crippen LogP contribution >= 0.6 is 0 Å². The van der Waals surface area contributed by atoms with Crippen LogP contribution in [0, 0.1) is 5.92 Å². The maximum atomic E-state index is 10.6. The first-order chi connectivity index (χ1) is 16.1. The van der Waals surface area contributed by atoms with Crippen molar-refractivity contribution in [2.75, 3.05) is 20.6 Å². The summed E-state index contributed by atoms with van der Waals surface area (Å²) in [5, 5.41) is 8.72. The van der Waals surface area contributed by atoms with Crippen LogP contribution in [-0.2, 0) is 4.79 Å². The fourth-order valence-corrected chi connectivity index (χ4v) is 4.50. The van der Waals surface area contributed by atoms with Crippen LogP contribution in [0.4, 0.5) is 0 Å². The van der Waals surface area contributed by atoms with Crippen molar-refractivity contribution >= 4 is 5.97 Å². The lowest BCUT2D eigenvalue weighted by atomic mass is 9.93. The molecule has 1 N–H and O–H groups in total. The van der Waals surface area contributed by atoms with Gasteiger partial charge in [0.25, 0.3) is 0 Å². The fraction of sp³-hybridized carbons (Fsp3) is 0.833. The first-order valence-corrected chi connectivity index (χ1v) is 14.2. The van der Waals surface area contributed by atoms with Crippen LogP contribution in [0.3, 0.4) is 0 Å². The predicted molar refractivity (Wildman–Crippen MR) is 146 cm³/mol. The molecule has 0 saturated heterocycles. The van der Waals surface area contributed by atoms with E-state index >= 15 is 0 Å². The molecule has 0 rings (SSSR count). The summed E-state index contributed by atoms with van der Waals surface area (Å²) >= 11 is 0. The van der Waals surface area contributed by atoms with E-state index in [1.165, 1.54) is 109 Å². The lowest BCUT2D eigenvalue weighted by Crippen LogP contribution is -2.21. The van der Waals surface area contributed by atoms with Crippen molar-refractivity contribution in [2.45, 2.75) is 135 Å². The van der Waals surface area contributed by atoms with Crippen molar-refractivity contribution in [2.24, 2.45) is 5.92 Å². The molecule has 0 radical (unpaired) electrons. The minimum absolute atomic E-state index is 0.328. The topological polar surface area (TPSA) is 40.5 Å². The quantitative estimate of drug-likeness (QED) is 0.108. The summed E-state index contributed by atoms with van der Waals surface area (Å²) in [4.78, 5) is 12.9. The summed E-state index contributed by atoms with van der Waals surface area (Å²) < 4.78 is 0. The van der Waals surface area contributed by atoms with Crippen molar-refractivity contribution in [3.63, 3.8) is 0 Å². The molecule has 33 heavy (non-hydrogen) atoms. The van der Waals surface area contributed by atoms with Crippen molar-refractivity contribution in [1.82, 2.24) is 4.90 Å². The predicted octanol–water partition coefficient (Wildman–Crippen LogP) is 9.18. The first kappa shape index (κ1) is 31.9. The number of carbonyl (C=O) groups is 1. The van der Waals surface area contributed by atoms with E-state index in [-0.39, 0.29) is 0 Å². The molecular weight excluding hydrogens is 406 g/mol. The maximum Gasteiger partial charge on any atom is 0.303 e. The summed E-state index contributed by atoms with van der Waals surface area (Å²) in [6, 6.07) is 0. The Kier molecular flexibility index (Phi) is 24.7. The summed E-state index contributed by atoms with van der Waals surface area (Å²) in [5.41, 5.74) is 0. The molecule has 0 amide bonds. The van der Waals surface area contributed by atoms with E-state index < -0.39 is 5.97 Å². The van der Waals surface area contributed by atoms with E-state index in [9.17, 15) is 4.79 Å². The van der Waals surface area contributed by atoms with E-state index in [1.54, 1.807) is 0 Å². The van der Waals surface area contributed by atoms with Crippen LogP contribution in [0.2, 0.25) is 0 Å². The van der Waals surface area contributed by atoms with Gasteiger partial charge in [0, 0.05) is 13.0 Å². The Morgan fingerprint density at radius 1 is 0.697 bits per heavy atom. The number of nitrogens with zero attached hydrogens (tertiary/aromatic N) is 1. The molecule has 194 valence electrons. The number of rotatable bonds is 25. The van der Waals surface area contributed by atoms with Gasteiger partial charge in [-0.25, -0.2) is 0 Å². The first-order valence-electron chi connectivity index (χ1n) is 14.2. The second-order valence-corrected chi connectivity index (χ2v) is 10.2. The molecule has 0 aliphatic rings. The van der Waals surface area contributed by atoms with Crippen LogP contribution in [0.15, 0.2) is 24.3 Å². The van der Waals surface area contributed by atoms with Gasteiger partial charge in [-0.05, 0) is 71.4 Å². The zero-order chi connectivity index (χ0) is 24.4. The Hall–Kier alpha value is -1.09. The Morgan fingerprint density at radius 3 is 1.70 bits per heavy atom. The number of carboxylic acids is 1. The van der Waals surface area contributed by atoms with Gasteiger partial charge >= 0.3 is 5.97 Å². The highest BCUT2D eigenvalue weighted by atomic mass is 16.4. The molecule has 0 heterocycles. The molecule has 0 aromatic rings. The Balaban J connectivity index is 3.57. The molecule has 0 saturated carbocycles. The second kappa shape index (κ2) is 25.5. The van der Waals surface area contributed by atoms with Gasteiger partial charge < -0.3 is 10.0 Å². The largest absolute Gasteiger partial charge is 0.481 e. The highest BCUT2D eigenvalue weighted by Gasteiger charge is 2.10. The summed E-state index contributed by atoms with van der Waals surface area (Å²) in [5.74, 6) is 0.145. The Morgan fingerprint density at radius 2 is 1.18 bits per heavy atom. The van der Waals surface area contributed by atoms with Crippen LogP contribution in [0.25, 0.3) is 0 Å². The number of hydrogen-bond donors (Lipinski definition) is 1. The van der Waals surface area contributed by atoms with Crippen LogP contribution in [-0.4, -0.2) is 36.6 Å². The van der Waals surface area contributed by atoms with Gasteiger partial charge in [0.2, 0.25) is 0 Å². The average Bonchev–Trinajstić information content (AvgIpc) is 2.77. The number of allylic oxidation sites excluding steroid dienone is 4. The van der Waals surface area contributed by atoms with Crippen molar-refractivity contribution in [3.05, 3.63) is 24.3 Å². The van der Waals surface area contributed by atoms with Gasteiger partial charge in [0.1, 0.15) is 0 Å². The average molecular weight is 464 g/mol. The number of unbranched alkanes of at least 4 members (excludes halogenated alkanes) is 13. The fourth-order valence-electron chi connectivity index (χ4n) is 4.50. The molecule has 1 unspecified atom stereocenters. The highest BCUT2D eigenvalue weighted by molar-refractivity contribution is 5.66. The Labute approximate surface area is 207 Å². The summed E-state index contributed by atoms with van der Waals surface area (Å²) in [7, 11) is 4.36. The SMILES string of the molecule is CCCCC/C=C\C/C=C\CCCCCCCCCC(CCCCCCC(=O)O)CN(C)C. The van der Waals surface area contributed by atoms with Gasteiger partial charge in [-0.3, -0.25) is 4.79 Å². The van der Waals surface area contributed by atoms with E-state index in [1.807, 2.05) is 0 Å². The number of aliphatic carboxylic acids is 1. The van der Waals surface area contributed by atoms with Crippen molar-refractivity contribution in [3.8, 4) is 0 Å². The van der Waals surface area contributed by atoms with E-state index in [4.69, 9.17) is 5.11 Å². The third-order valence-corrected chi connectivity index (χ3v) is 6.44. The van der Waals surface area contributed by atoms with Crippen molar-refractivity contribution < 1.29 is 9.90 Å². The number of hydrogen-bond acceptors (Lipinski definition) is 2. The molecular formula is C30H57NO2. The van der Waals surface area contributed by atoms with Gasteiger partial charge in [-0.15, -0.1) is 0 Å². The molecule has 0 spiro atoms. The monoisotopic (exact) mass is 463 g/mol. The minimum Gasteiger partial charge on any atom is -0.481 e. The zero-order valence-electron chi connectivity index (χ0n) is 22.5. The van der Waals surface area contributed by atoms with Crippen LogP contribution in [0.1, 0.15) is 135 Å². The molecule has 3 nitrogen and oxygen atoms in total. The van der Waals surface area contributed by atoms with Gasteiger partial charge in [0.15, 0.2) is 0 Å². The molecule has 0 aromatic carbocycles.